The molecule has 12 heteroatoms. The molecule has 0 spiro atoms. The van der Waals surface area contributed by atoms with Crippen LogP contribution in [-0.4, -0.2) is 61.6 Å². The molecule has 2 aliphatic rings. The van der Waals surface area contributed by atoms with Crippen molar-refractivity contribution in [2.45, 2.75) is 64.4 Å². The van der Waals surface area contributed by atoms with Crippen molar-refractivity contribution in [3.63, 3.8) is 0 Å². The van der Waals surface area contributed by atoms with E-state index < -0.39 is 17.9 Å². The van der Waals surface area contributed by atoms with Gasteiger partial charge in [0.05, 0.1) is 12.9 Å². The van der Waals surface area contributed by atoms with Crippen molar-refractivity contribution in [2.75, 3.05) is 18.0 Å². The summed E-state index contributed by atoms with van der Waals surface area (Å²) in [5.41, 5.74) is 0.222. The smallest absolute Gasteiger partial charge is 0.407 e. The fourth-order valence-electron chi connectivity index (χ4n) is 5.35. The summed E-state index contributed by atoms with van der Waals surface area (Å²) in [6.45, 7) is 6.37. The number of alkyl halides is 1. The van der Waals surface area contributed by atoms with E-state index in [0.717, 1.165) is 0 Å². The Labute approximate surface area is 242 Å². The molecule has 5 rings (SSSR count). The SMILES string of the molecule is Cn1cnc2c(C(=O)n3cccc3)c(N3CCC[C@@H](NC(=O)OC(C)(C)C)C3)n(CC3=CC(F)CC=C3Cl)c2c1=O. The van der Waals surface area contributed by atoms with Crippen LogP contribution in [0.15, 0.2) is 58.4 Å². The summed E-state index contributed by atoms with van der Waals surface area (Å²) in [7, 11) is 1.59. The minimum absolute atomic E-state index is 0.0577. The van der Waals surface area contributed by atoms with Crippen LogP contribution >= 0.6 is 11.6 Å². The number of carbonyl (C=O) groups excluding carboxylic acids is 2. The van der Waals surface area contributed by atoms with Crippen molar-refractivity contribution in [3.05, 3.63) is 69.5 Å². The quantitative estimate of drug-likeness (QED) is 0.473. The highest BCUT2D eigenvalue weighted by molar-refractivity contribution is 6.32. The van der Waals surface area contributed by atoms with Gasteiger partial charge in [0.1, 0.15) is 34.2 Å². The number of aryl methyl sites for hydroxylation is 1. The molecule has 41 heavy (non-hydrogen) atoms. The highest BCUT2D eigenvalue weighted by atomic mass is 35.5. The van der Waals surface area contributed by atoms with Crippen LogP contribution in [0.5, 0.6) is 0 Å². The van der Waals surface area contributed by atoms with Gasteiger partial charge in [-0.2, -0.15) is 0 Å². The molecule has 1 saturated heterocycles. The summed E-state index contributed by atoms with van der Waals surface area (Å²) >= 11 is 6.51. The second-order valence-electron chi connectivity index (χ2n) is 11.5. The number of amides is 1. The van der Waals surface area contributed by atoms with Gasteiger partial charge < -0.3 is 24.1 Å². The molecule has 2 atom stereocenters. The minimum Gasteiger partial charge on any atom is -0.444 e. The van der Waals surface area contributed by atoms with Crippen molar-refractivity contribution < 1.29 is 18.7 Å². The highest BCUT2D eigenvalue weighted by Gasteiger charge is 2.34. The monoisotopic (exact) mass is 584 g/mol. The number of anilines is 1. The molecule has 1 aliphatic carbocycles. The molecular weight excluding hydrogens is 551 g/mol. The van der Waals surface area contributed by atoms with Crippen molar-refractivity contribution in [1.82, 2.24) is 24.0 Å². The number of hydrogen-bond donors (Lipinski definition) is 1. The highest BCUT2D eigenvalue weighted by Crippen LogP contribution is 2.36. The largest absolute Gasteiger partial charge is 0.444 e. The second-order valence-corrected chi connectivity index (χ2v) is 11.9. The van der Waals surface area contributed by atoms with Crippen LogP contribution in [0.1, 0.15) is 50.4 Å². The van der Waals surface area contributed by atoms with Crippen molar-refractivity contribution in [1.29, 1.82) is 0 Å². The Balaban J connectivity index is 1.66. The molecule has 0 saturated carbocycles. The first kappa shape index (κ1) is 28.7. The molecule has 0 radical (unpaired) electrons. The zero-order chi connectivity index (χ0) is 29.5. The third-order valence-corrected chi connectivity index (χ3v) is 7.52. The summed E-state index contributed by atoms with van der Waals surface area (Å²) in [5.74, 6) is 0.107. The summed E-state index contributed by atoms with van der Waals surface area (Å²) < 4.78 is 24.4. The third-order valence-electron chi connectivity index (χ3n) is 7.13. The zero-order valence-corrected chi connectivity index (χ0v) is 24.3. The van der Waals surface area contributed by atoms with Crippen molar-refractivity contribution in [2.24, 2.45) is 7.05 Å². The molecule has 1 N–H and O–H groups in total. The minimum atomic E-state index is -1.21. The van der Waals surface area contributed by atoms with Crippen LogP contribution in [0.4, 0.5) is 15.0 Å². The molecule has 1 aliphatic heterocycles. The van der Waals surface area contributed by atoms with E-state index in [1.54, 1.807) is 63.0 Å². The van der Waals surface area contributed by atoms with E-state index in [0.29, 0.717) is 42.4 Å². The number of carbonyl (C=O) groups is 2. The first-order chi connectivity index (χ1) is 19.4. The van der Waals surface area contributed by atoms with E-state index in [1.807, 2.05) is 4.90 Å². The summed E-state index contributed by atoms with van der Waals surface area (Å²) in [6.07, 6.45) is 7.59. The number of hydrogen-bond acceptors (Lipinski definition) is 6. The average Bonchev–Trinajstić information content (AvgIpc) is 3.54. The van der Waals surface area contributed by atoms with Crippen molar-refractivity contribution >= 4 is 40.5 Å². The molecule has 0 bridgehead atoms. The lowest BCUT2D eigenvalue weighted by Crippen LogP contribution is -2.49. The molecule has 0 aromatic carbocycles. The number of aromatic nitrogens is 4. The predicted octanol–water partition coefficient (Wildman–Crippen LogP) is 4.51. The normalized spacial score (nSPS) is 19.6. The number of allylic oxidation sites excluding steroid dienone is 4. The Bertz CT molecular complexity index is 1600. The molecule has 1 unspecified atom stereocenters. The van der Waals surface area contributed by atoms with Gasteiger partial charge in [0.25, 0.3) is 11.5 Å². The Morgan fingerprint density at radius 1 is 1.24 bits per heavy atom. The standard InChI is InChI=1S/C29H34ClFN6O4/c1-29(2,3)41-28(40)33-20-8-7-13-36(16-20)25-22(26(38)35-11-5-6-12-35)23-24(27(39)34(4)17-32-23)37(25)15-18-14-19(31)9-10-21(18)30/h5-6,10-12,14,17,19-20H,7-9,13,15-16H2,1-4H3,(H,33,40)/t19?,20-/m1/s1. The van der Waals surface area contributed by atoms with E-state index in [1.165, 1.54) is 21.5 Å². The average molecular weight is 585 g/mol. The number of ether oxygens (including phenoxy) is 1. The Hall–Kier alpha value is -3.86. The maximum atomic E-state index is 14.4. The zero-order valence-electron chi connectivity index (χ0n) is 23.6. The molecular formula is C29H34ClFN6O4. The number of halogens is 2. The third kappa shape index (κ3) is 5.95. The second kappa shape index (κ2) is 11.2. The molecule has 3 aromatic rings. The molecule has 1 amide bonds. The van der Waals surface area contributed by atoms with Gasteiger partial charge in [0.2, 0.25) is 0 Å². The van der Waals surface area contributed by atoms with Crippen LogP contribution < -0.4 is 15.8 Å². The lowest BCUT2D eigenvalue weighted by Gasteiger charge is -2.36. The Kier molecular flexibility index (Phi) is 7.83. The van der Waals surface area contributed by atoms with Crippen LogP contribution in [0.25, 0.3) is 11.0 Å². The Morgan fingerprint density at radius 3 is 2.68 bits per heavy atom. The van der Waals surface area contributed by atoms with Crippen LogP contribution in [0.2, 0.25) is 0 Å². The van der Waals surface area contributed by atoms with E-state index in [-0.39, 0.29) is 47.1 Å². The van der Waals surface area contributed by atoms with Gasteiger partial charge in [0.15, 0.2) is 0 Å². The molecule has 3 aromatic heterocycles. The maximum absolute atomic E-state index is 14.4. The fraction of sp³-hybridized carbons (Fsp3) is 0.448. The van der Waals surface area contributed by atoms with Crippen molar-refractivity contribution in [3.8, 4) is 0 Å². The molecule has 1 fully saturated rings. The number of alkyl carbamates (subject to hydrolysis) is 1. The van der Waals surface area contributed by atoms with Gasteiger partial charge in [-0.15, -0.1) is 0 Å². The number of fused-ring (bicyclic) bond motifs is 1. The summed E-state index contributed by atoms with van der Waals surface area (Å²) in [6, 6.07) is 3.20. The Morgan fingerprint density at radius 2 is 1.98 bits per heavy atom. The first-order valence-electron chi connectivity index (χ1n) is 13.6. The molecule has 218 valence electrons. The predicted molar refractivity (Wildman–Crippen MR) is 155 cm³/mol. The fourth-order valence-corrected chi connectivity index (χ4v) is 5.56. The topological polar surface area (TPSA) is 103 Å². The van der Waals surface area contributed by atoms with E-state index in [4.69, 9.17) is 16.3 Å². The summed E-state index contributed by atoms with van der Waals surface area (Å²) in [5, 5.41) is 3.34. The van der Waals surface area contributed by atoms with E-state index in [9.17, 15) is 18.8 Å². The first-order valence-corrected chi connectivity index (χ1v) is 14.0. The van der Waals surface area contributed by atoms with Crippen LogP contribution in [0.3, 0.4) is 0 Å². The van der Waals surface area contributed by atoms with Gasteiger partial charge in [-0.05, 0) is 57.4 Å². The maximum Gasteiger partial charge on any atom is 0.407 e. The summed E-state index contributed by atoms with van der Waals surface area (Å²) in [4.78, 5) is 46.7. The lowest BCUT2D eigenvalue weighted by molar-refractivity contribution is 0.0499. The number of rotatable bonds is 5. The molecule has 4 heterocycles. The van der Waals surface area contributed by atoms with Gasteiger partial charge in [-0.25, -0.2) is 14.2 Å². The number of nitrogens with zero attached hydrogens (tertiary/aromatic N) is 5. The van der Waals surface area contributed by atoms with Gasteiger partial charge in [-0.1, -0.05) is 17.7 Å². The van der Waals surface area contributed by atoms with Crippen LogP contribution in [-0.2, 0) is 18.3 Å². The van der Waals surface area contributed by atoms with Gasteiger partial charge in [-0.3, -0.25) is 14.2 Å². The number of piperidine rings is 1. The molecule has 10 nitrogen and oxygen atoms in total. The van der Waals surface area contributed by atoms with Crippen LogP contribution in [0, 0.1) is 0 Å². The number of nitrogens with one attached hydrogen (secondary N) is 1. The van der Waals surface area contributed by atoms with Gasteiger partial charge >= 0.3 is 6.09 Å². The lowest BCUT2D eigenvalue weighted by atomic mass is 10.0. The van der Waals surface area contributed by atoms with Gasteiger partial charge in [0, 0.05) is 50.0 Å². The van der Waals surface area contributed by atoms with E-state index in [2.05, 4.69) is 10.3 Å². The van der Waals surface area contributed by atoms with E-state index >= 15 is 0 Å².